The summed E-state index contributed by atoms with van der Waals surface area (Å²) >= 11 is 4.26. The highest BCUT2D eigenvalue weighted by Crippen LogP contribution is 2.45. The van der Waals surface area contributed by atoms with E-state index < -0.39 is 36.9 Å². The molecule has 1 N–H and O–H groups in total. The van der Waals surface area contributed by atoms with E-state index in [0.29, 0.717) is 143 Å². The minimum Gasteiger partial charge on any atom is -0.493 e. The van der Waals surface area contributed by atoms with Crippen LogP contribution in [0.2, 0.25) is 0 Å². The van der Waals surface area contributed by atoms with Crippen LogP contribution in [-0.4, -0.2) is 91.3 Å². The number of aliphatic hydroxyl groups excluding tert-OH is 1. The zero-order valence-electron chi connectivity index (χ0n) is 79.2. The molecule has 0 heterocycles. The molecule has 1 aliphatic rings. The van der Waals surface area contributed by atoms with E-state index in [1.165, 1.54) is 79.1 Å². The molecule has 0 bridgehead atoms. The van der Waals surface area contributed by atoms with Gasteiger partial charge < -0.3 is 95.1 Å². The summed E-state index contributed by atoms with van der Waals surface area (Å²) in [4.78, 5) is 68.1. The summed E-state index contributed by atoms with van der Waals surface area (Å²) in [5, 5.41) is 9.42. The van der Waals surface area contributed by atoms with Gasteiger partial charge in [-0.1, -0.05) is 110 Å². The van der Waals surface area contributed by atoms with Gasteiger partial charge in [0.15, 0.2) is 0 Å². The molecule has 33 heteroatoms. The average molecular weight is 1940 g/mol. The van der Waals surface area contributed by atoms with Crippen molar-refractivity contribution in [2.45, 2.75) is 139 Å². The molecule has 0 spiro atoms. The number of hydrogen-bond acceptors (Lipinski definition) is 27. The second kappa shape index (κ2) is 55.7. The van der Waals surface area contributed by atoms with Gasteiger partial charge in [-0.15, -0.1) is 0 Å². The van der Waals surface area contributed by atoms with E-state index in [1.54, 1.807) is 193 Å². The summed E-state index contributed by atoms with van der Waals surface area (Å²) in [5.41, 5.74) is 11.6. The van der Waals surface area contributed by atoms with E-state index in [9.17, 15) is 60.2 Å². The van der Waals surface area contributed by atoms with E-state index in [2.05, 4.69) is 41.0 Å². The number of thiol groups is 1. The lowest BCUT2D eigenvalue weighted by atomic mass is 10.0. The summed E-state index contributed by atoms with van der Waals surface area (Å²) in [6.45, 7) is 16.7. The Labute approximate surface area is 807 Å². The van der Waals surface area contributed by atoms with Crippen molar-refractivity contribution in [2.24, 2.45) is 0 Å². The lowest BCUT2D eigenvalue weighted by molar-refractivity contribution is 0.119. The maximum absolute atomic E-state index is 13.7. The van der Waals surface area contributed by atoms with Crippen LogP contribution < -0.4 is 61.6 Å². The molecule has 12 aromatic carbocycles. The largest absolute Gasteiger partial charge is 0.513 e. The molecule has 1 saturated carbocycles. The van der Waals surface area contributed by atoms with Crippen LogP contribution in [0.5, 0.6) is 74.7 Å². The highest BCUT2D eigenvalue weighted by atomic mass is 32.1. The third kappa shape index (κ3) is 34.2. The smallest absolute Gasteiger partial charge is 0.493 e. The summed E-state index contributed by atoms with van der Waals surface area (Å²) in [6, 6.07) is 59.3. The van der Waals surface area contributed by atoms with E-state index in [0.717, 1.165) is 52.6 Å². The van der Waals surface area contributed by atoms with Gasteiger partial charge in [0.1, 0.15) is 149 Å². The molecule has 736 valence electrons. The van der Waals surface area contributed by atoms with E-state index in [4.69, 9.17) is 61.6 Å². The zero-order chi connectivity index (χ0) is 101. The Balaban J connectivity index is 0.000000205. The van der Waals surface area contributed by atoms with Crippen molar-refractivity contribution >= 4 is 49.6 Å². The Bertz CT molecular complexity index is 5860. The van der Waals surface area contributed by atoms with Crippen molar-refractivity contribution in [1.82, 2.24) is 0 Å². The molecule has 0 radical (unpaired) electrons. The van der Waals surface area contributed by atoms with Crippen LogP contribution in [0.4, 0.5) is 55.1 Å². The topological polar surface area (TPSA) is 298 Å². The third-order valence-corrected chi connectivity index (χ3v) is 21.0. The molecule has 0 amide bonds. The summed E-state index contributed by atoms with van der Waals surface area (Å²) in [5.74, 6) is 3.74. The standard InChI is InChI=1S/C19H19FO4.C18H19FO5.C18H19FO4.C17H17FO5.C17H17FO4S.C17H17FO4/c1-12-6-9-14(10-17(12)20)23-11-16-15(13-7-8-13)4-3-5-18(16)24-19(21)22-2;1-4-22-16-6-5-7-17(24-18(20)21-3)14(16)11-23-13-9-8-12(2)15(19)10-13;1-4-13-6-5-7-17(23-18(20)21-3)15(13)11-22-14-9-8-12(2)16(19)10-14;1-11-6-7-13(8-15(11)18)22-10-14-12(9-19)4-3-5-16(14)23-17(20)21-2;1-11-6-7-13(8-15(11)18)21-9-14-12(10-23)4-3-5-16(14)22-17(19)20-2;1-11-5-4-6-16(22-17(19)20-3)14(11)10-21-13-8-7-12(2)15(18)9-13/h3-6,9-10,13H,7-8,11H2,1-2H3;5-10H,4,11H2,1-3H3;5-10H,4,11H2,1-3H3;3-8,19H,9-10H2,1-2H3;3-8,23H,9-10H2,1-2H3;4-9H,10H2,1-3H3. The quantitative estimate of drug-likeness (QED) is 0.0139. The summed E-state index contributed by atoms with van der Waals surface area (Å²) < 4.78 is 179. The molecule has 1 fully saturated rings. The highest BCUT2D eigenvalue weighted by Gasteiger charge is 2.29. The molecule has 0 atom stereocenters. The van der Waals surface area contributed by atoms with Gasteiger partial charge in [-0.2, -0.15) is 12.6 Å². The summed E-state index contributed by atoms with van der Waals surface area (Å²) in [7, 11) is 7.40. The number of hydrogen-bond donors (Lipinski definition) is 2. The number of benzene rings is 12. The molecule has 0 aromatic heterocycles. The minimum atomic E-state index is -0.872. The SMILES string of the molecule is CCOc1cccc(OC(=O)OC)c1COc1ccc(C)c(F)c1.CCc1cccc(OC(=O)OC)c1COc1ccc(C)c(F)c1.COC(=O)Oc1cccc(C)c1COc1ccc(C)c(F)c1.COC(=O)Oc1cccc(C2CC2)c1COc1ccc(C)c(F)c1.COC(=O)Oc1cccc(CO)c1COc1ccc(C)c(F)c1.COC(=O)Oc1cccc(CS)c1COc1ccc(C)c(F)c1. The van der Waals surface area contributed by atoms with Crippen molar-refractivity contribution in [1.29, 1.82) is 0 Å². The minimum absolute atomic E-state index is 0.00552. The molecule has 0 aliphatic heterocycles. The molecular formula is C106H108F6O26S. The fraction of sp³-hybridized carbons (Fsp3) is 0.264. The van der Waals surface area contributed by atoms with Crippen LogP contribution in [-0.2, 0) is 86.8 Å². The van der Waals surface area contributed by atoms with Crippen LogP contribution in [0.25, 0.3) is 0 Å². The third-order valence-electron chi connectivity index (χ3n) is 20.7. The van der Waals surface area contributed by atoms with Crippen LogP contribution in [0.15, 0.2) is 218 Å². The molecule has 0 unspecified atom stereocenters. The van der Waals surface area contributed by atoms with Crippen molar-refractivity contribution in [3.05, 3.63) is 348 Å². The first-order valence-corrected chi connectivity index (χ1v) is 43.8. The Morgan fingerprint density at radius 2 is 0.532 bits per heavy atom. The highest BCUT2D eigenvalue weighted by molar-refractivity contribution is 7.79. The van der Waals surface area contributed by atoms with Gasteiger partial charge in [-0.3, -0.25) is 0 Å². The fourth-order valence-corrected chi connectivity index (χ4v) is 12.9. The molecule has 139 heavy (non-hydrogen) atoms. The normalized spacial score (nSPS) is 10.8. The van der Waals surface area contributed by atoms with Crippen molar-refractivity contribution in [2.75, 3.05) is 49.3 Å². The second-order valence-corrected chi connectivity index (χ2v) is 30.5. The number of carbonyl (C=O) groups excluding carboxylic acids is 6. The van der Waals surface area contributed by atoms with Gasteiger partial charge in [0.25, 0.3) is 0 Å². The average Bonchev–Trinajstić information content (AvgIpc) is 1.65. The molecule has 13 rings (SSSR count). The van der Waals surface area contributed by atoms with E-state index >= 15 is 0 Å². The van der Waals surface area contributed by atoms with Crippen LogP contribution in [0.1, 0.15) is 127 Å². The van der Waals surface area contributed by atoms with E-state index in [-0.39, 0.29) is 92.7 Å². The fourth-order valence-electron chi connectivity index (χ4n) is 12.6. The van der Waals surface area contributed by atoms with Gasteiger partial charge in [0, 0.05) is 70.0 Å². The Kier molecular flexibility index (Phi) is 43.7. The lowest BCUT2D eigenvalue weighted by Crippen LogP contribution is -2.11. The second-order valence-electron chi connectivity index (χ2n) is 30.2. The number of halogens is 6. The molecule has 0 saturated heterocycles. The van der Waals surface area contributed by atoms with Crippen molar-refractivity contribution in [3.63, 3.8) is 0 Å². The zero-order valence-corrected chi connectivity index (χ0v) is 80.1. The maximum atomic E-state index is 13.7. The Hall–Kier alpha value is -15.3. The van der Waals surface area contributed by atoms with E-state index in [1.807, 2.05) is 51.1 Å². The maximum Gasteiger partial charge on any atom is 0.513 e. The number of aryl methyl sites for hydroxylation is 8. The van der Waals surface area contributed by atoms with Gasteiger partial charge in [-0.25, -0.2) is 55.1 Å². The number of methoxy groups -OCH3 is 6. The first-order chi connectivity index (χ1) is 66.8. The monoisotopic (exact) mass is 1940 g/mol. The first kappa shape index (κ1) is 109. The molecule has 1 aliphatic carbocycles. The van der Waals surface area contributed by atoms with Crippen LogP contribution in [0.3, 0.4) is 0 Å². The predicted octanol–water partition coefficient (Wildman–Crippen LogP) is 25.2. The Morgan fingerprint density at radius 1 is 0.288 bits per heavy atom. The number of ether oxygens (including phenoxy) is 19. The number of rotatable bonds is 30. The number of carbonyl (C=O) groups is 6. The van der Waals surface area contributed by atoms with Gasteiger partial charge in [-0.05, 0) is 221 Å². The number of aliphatic hydroxyl groups is 1. The van der Waals surface area contributed by atoms with Gasteiger partial charge >= 0.3 is 36.9 Å². The summed E-state index contributed by atoms with van der Waals surface area (Å²) in [6.07, 6.45) is -1.93. The van der Waals surface area contributed by atoms with Crippen LogP contribution >= 0.6 is 12.6 Å². The van der Waals surface area contributed by atoms with Gasteiger partial charge in [0.2, 0.25) is 0 Å². The molecular weight excluding hydrogens is 1840 g/mol. The predicted molar refractivity (Wildman–Crippen MR) is 506 cm³/mol. The first-order valence-electron chi connectivity index (χ1n) is 43.2. The Morgan fingerprint density at radius 3 is 0.827 bits per heavy atom. The molecule has 26 nitrogen and oxygen atoms in total. The van der Waals surface area contributed by atoms with Crippen LogP contribution in [0, 0.1) is 83.4 Å². The van der Waals surface area contributed by atoms with Gasteiger partial charge in [0.05, 0.1) is 61.4 Å². The lowest BCUT2D eigenvalue weighted by Gasteiger charge is -2.15. The molecule has 12 aromatic rings. The van der Waals surface area contributed by atoms with Crippen molar-refractivity contribution in [3.8, 4) is 74.7 Å². The van der Waals surface area contributed by atoms with Crippen molar-refractivity contribution < 1.29 is 150 Å².